The highest BCUT2D eigenvalue weighted by atomic mass is 32.1. The molecule has 3 N–H and O–H groups in total. The first-order valence-corrected chi connectivity index (χ1v) is 5.45. The molecule has 1 aromatic rings. The number of aliphatic carboxylic acids is 1. The maximum absolute atomic E-state index is 11.4. The van der Waals surface area contributed by atoms with E-state index >= 15 is 0 Å². The summed E-state index contributed by atoms with van der Waals surface area (Å²) in [6.45, 7) is 3.42. The summed E-state index contributed by atoms with van der Waals surface area (Å²) in [5.41, 5.74) is 1.47. The molecule has 0 bridgehead atoms. The van der Waals surface area contributed by atoms with Crippen molar-refractivity contribution in [3.63, 3.8) is 0 Å². The van der Waals surface area contributed by atoms with Crippen LogP contribution in [0.2, 0.25) is 0 Å². The number of amides is 2. The average molecular weight is 244 g/mol. The molecule has 0 spiro atoms. The Kier molecular flexibility index (Phi) is 4.18. The van der Waals surface area contributed by atoms with Gasteiger partial charge in [0.05, 0.1) is 0 Å². The lowest BCUT2D eigenvalue weighted by molar-refractivity contribution is -0.140. The van der Waals surface area contributed by atoms with Crippen molar-refractivity contribution in [2.45, 2.75) is 19.9 Å². The van der Waals surface area contributed by atoms with Gasteiger partial charge in [-0.2, -0.15) is 0 Å². The van der Waals surface area contributed by atoms with Crippen molar-refractivity contribution in [2.75, 3.05) is 5.32 Å². The second-order valence-electron chi connectivity index (χ2n) is 3.40. The predicted octanol–water partition coefficient (Wildman–Crippen LogP) is 0.769. The molecule has 88 valence electrons. The molecule has 0 aliphatic rings. The Bertz CT molecular complexity index is 365. The monoisotopic (exact) mass is 244 g/mol. The predicted molar refractivity (Wildman–Crippen MR) is 58.3 cm³/mol. The number of aromatic nitrogens is 2. The number of carboxylic acids is 1. The zero-order chi connectivity index (χ0) is 12.1. The van der Waals surface area contributed by atoms with Crippen LogP contribution in [0.3, 0.4) is 0 Å². The van der Waals surface area contributed by atoms with Crippen molar-refractivity contribution in [1.82, 2.24) is 15.5 Å². The van der Waals surface area contributed by atoms with Crippen LogP contribution < -0.4 is 10.6 Å². The molecule has 0 fully saturated rings. The maximum atomic E-state index is 11.4. The van der Waals surface area contributed by atoms with Crippen LogP contribution in [0, 0.1) is 5.92 Å². The quantitative estimate of drug-likeness (QED) is 0.725. The SMILES string of the molecule is CC(C)[C@H](NC(=O)Nc1nncs1)C(=O)O. The van der Waals surface area contributed by atoms with Gasteiger partial charge in [0.25, 0.3) is 0 Å². The van der Waals surface area contributed by atoms with E-state index in [0.29, 0.717) is 5.13 Å². The van der Waals surface area contributed by atoms with E-state index in [0.717, 1.165) is 11.3 Å². The van der Waals surface area contributed by atoms with Crippen molar-refractivity contribution in [1.29, 1.82) is 0 Å². The standard InChI is InChI=1S/C8H12N4O3S/c1-4(2)5(6(13)14)10-7(15)11-8-12-9-3-16-8/h3-5H,1-2H3,(H,13,14)(H2,10,11,12,15)/t5-/m0/s1. The molecule has 0 saturated heterocycles. The summed E-state index contributed by atoms with van der Waals surface area (Å²) in [5, 5.41) is 21.0. The first-order valence-electron chi connectivity index (χ1n) is 4.57. The van der Waals surface area contributed by atoms with E-state index in [-0.39, 0.29) is 5.92 Å². The average Bonchev–Trinajstić information content (AvgIpc) is 2.65. The number of nitrogens with zero attached hydrogens (tertiary/aromatic N) is 2. The summed E-state index contributed by atoms with van der Waals surface area (Å²) in [6.07, 6.45) is 0. The first kappa shape index (κ1) is 12.4. The van der Waals surface area contributed by atoms with Crippen molar-refractivity contribution in [2.24, 2.45) is 5.92 Å². The molecule has 0 radical (unpaired) electrons. The number of urea groups is 1. The van der Waals surface area contributed by atoms with E-state index in [9.17, 15) is 9.59 Å². The molecule has 0 saturated carbocycles. The number of carbonyl (C=O) groups is 2. The summed E-state index contributed by atoms with van der Waals surface area (Å²) < 4.78 is 0. The number of hydrogen-bond acceptors (Lipinski definition) is 5. The molecule has 7 nitrogen and oxygen atoms in total. The lowest BCUT2D eigenvalue weighted by atomic mass is 10.1. The van der Waals surface area contributed by atoms with Crippen molar-refractivity contribution in [3.05, 3.63) is 5.51 Å². The normalized spacial score (nSPS) is 12.2. The van der Waals surface area contributed by atoms with E-state index in [2.05, 4.69) is 20.8 Å². The lowest BCUT2D eigenvalue weighted by Crippen LogP contribution is -2.46. The third-order valence-corrected chi connectivity index (χ3v) is 2.41. The van der Waals surface area contributed by atoms with Gasteiger partial charge in [-0.15, -0.1) is 10.2 Å². The molecule has 0 unspecified atom stereocenters. The number of anilines is 1. The summed E-state index contributed by atoms with van der Waals surface area (Å²) in [4.78, 5) is 22.2. The second kappa shape index (κ2) is 5.40. The summed E-state index contributed by atoms with van der Waals surface area (Å²) in [7, 11) is 0. The van der Waals surface area contributed by atoms with Crippen molar-refractivity contribution < 1.29 is 14.7 Å². The summed E-state index contributed by atoms with van der Waals surface area (Å²) in [5.74, 6) is -1.26. The molecular weight excluding hydrogens is 232 g/mol. The molecular formula is C8H12N4O3S. The zero-order valence-corrected chi connectivity index (χ0v) is 9.61. The number of rotatable bonds is 4. The van der Waals surface area contributed by atoms with E-state index in [1.807, 2.05) is 0 Å². The molecule has 8 heteroatoms. The molecule has 1 aromatic heterocycles. The molecule has 0 aliphatic carbocycles. The molecule has 2 amide bonds. The minimum Gasteiger partial charge on any atom is -0.480 e. The van der Waals surface area contributed by atoms with Gasteiger partial charge in [-0.3, -0.25) is 5.32 Å². The van der Waals surface area contributed by atoms with Crippen LogP contribution in [0.25, 0.3) is 0 Å². The van der Waals surface area contributed by atoms with Gasteiger partial charge in [0.1, 0.15) is 11.6 Å². The summed E-state index contributed by atoms with van der Waals surface area (Å²) in [6, 6.07) is -1.52. The van der Waals surface area contributed by atoms with Crippen LogP contribution in [0.1, 0.15) is 13.8 Å². The fraction of sp³-hybridized carbons (Fsp3) is 0.500. The highest BCUT2D eigenvalue weighted by Crippen LogP contribution is 2.08. The fourth-order valence-corrected chi connectivity index (χ4v) is 1.46. The van der Waals surface area contributed by atoms with E-state index in [1.54, 1.807) is 13.8 Å². The first-order chi connectivity index (χ1) is 7.50. The van der Waals surface area contributed by atoms with Gasteiger partial charge in [-0.25, -0.2) is 9.59 Å². The molecule has 1 atom stereocenters. The maximum Gasteiger partial charge on any atom is 0.326 e. The van der Waals surface area contributed by atoms with Gasteiger partial charge in [0.15, 0.2) is 0 Å². The van der Waals surface area contributed by atoms with Crippen LogP contribution in [0.5, 0.6) is 0 Å². The Labute approximate surface area is 95.9 Å². The molecule has 1 rings (SSSR count). The Balaban J connectivity index is 2.52. The van der Waals surface area contributed by atoms with E-state index in [1.165, 1.54) is 5.51 Å². The molecule has 16 heavy (non-hydrogen) atoms. The Hall–Kier alpha value is -1.70. The topological polar surface area (TPSA) is 104 Å². The Morgan fingerprint density at radius 3 is 2.62 bits per heavy atom. The van der Waals surface area contributed by atoms with Crippen LogP contribution >= 0.6 is 11.3 Å². The lowest BCUT2D eigenvalue weighted by Gasteiger charge is -2.17. The fourth-order valence-electron chi connectivity index (χ4n) is 1.02. The van der Waals surface area contributed by atoms with E-state index < -0.39 is 18.0 Å². The molecule has 0 aromatic carbocycles. The third kappa shape index (κ3) is 3.46. The van der Waals surface area contributed by atoms with Crippen molar-refractivity contribution >= 4 is 28.5 Å². The number of carboxylic acid groups (broad SMARTS) is 1. The highest BCUT2D eigenvalue weighted by molar-refractivity contribution is 7.13. The van der Waals surface area contributed by atoms with Crippen LogP contribution in [-0.2, 0) is 4.79 Å². The number of carbonyl (C=O) groups excluding carboxylic acids is 1. The van der Waals surface area contributed by atoms with Crippen LogP contribution in [0.15, 0.2) is 5.51 Å². The number of hydrogen-bond donors (Lipinski definition) is 3. The summed E-state index contributed by atoms with van der Waals surface area (Å²) >= 11 is 1.15. The van der Waals surface area contributed by atoms with Crippen LogP contribution in [-0.4, -0.2) is 33.3 Å². The van der Waals surface area contributed by atoms with Gasteiger partial charge in [0.2, 0.25) is 5.13 Å². The molecule has 0 aliphatic heterocycles. The van der Waals surface area contributed by atoms with Gasteiger partial charge in [-0.1, -0.05) is 25.2 Å². The minimum atomic E-state index is -1.07. The highest BCUT2D eigenvalue weighted by Gasteiger charge is 2.23. The van der Waals surface area contributed by atoms with Gasteiger partial charge in [0, 0.05) is 0 Å². The van der Waals surface area contributed by atoms with E-state index in [4.69, 9.17) is 5.11 Å². The van der Waals surface area contributed by atoms with Gasteiger partial charge >= 0.3 is 12.0 Å². The number of nitrogens with one attached hydrogen (secondary N) is 2. The van der Waals surface area contributed by atoms with Gasteiger partial charge in [-0.05, 0) is 5.92 Å². The van der Waals surface area contributed by atoms with Gasteiger partial charge < -0.3 is 10.4 Å². The zero-order valence-electron chi connectivity index (χ0n) is 8.80. The Morgan fingerprint density at radius 1 is 1.50 bits per heavy atom. The van der Waals surface area contributed by atoms with Crippen molar-refractivity contribution in [3.8, 4) is 0 Å². The Morgan fingerprint density at radius 2 is 2.19 bits per heavy atom. The molecule has 1 heterocycles. The third-order valence-electron chi connectivity index (χ3n) is 1.80. The van der Waals surface area contributed by atoms with Crippen LogP contribution in [0.4, 0.5) is 9.93 Å². The smallest absolute Gasteiger partial charge is 0.326 e. The largest absolute Gasteiger partial charge is 0.480 e. The second-order valence-corrected chi connectivity index (χ2v) is 4.24. The minimum absolute atomic E-state index is 0.197.